The van der Waals surface area contributed by atoms with Crippen molar-refractivity contribution < 1.29 is 14.4 Å². The zero-order valence-corrected chi connectivity index (χ0v) is 14.0. The third-order valence-electron chi connectivity index (χ3n) is 4.46. The van der Waals surface area contributed by atoms with Crippen LogP contribution < -0.4 is 0 Å². The van der Waals surface area contributed by atoms with Crippen molar-refractivity contribution in [3.05, 3.63) is 0 Å². The van der Waals surface area contributed by atoms with Crippen LogP contribution in [0.25, 0.3) is 0 Å². The van der Waals surface area contributed by atoms with Crippen LogP contribution in [0.15, 0.2) is 0 Å². The van der Waals surface area contributed by atoms with Crippen LogP contribution in [0, 0.1) is 17.2 Å². The lowest BCUT2D eigenvalue weighted by Crippen LogP contribution is -2.52. The van der Waals surface area contributed by atoms with E-state index in [0.29, 0.717) is 32.7 Å². The first-order valence-electron chi connectivity index (χ1n) is 7.98. The van der Waals surface area contributed by atoms with Gasteiger partial charge < -0.3 is 14.7 Å². The van der Waals surface area contributed by atoms with E-state index in [2.05, 4.69) is 0 Å². The second kappa shape index (κ2) is 6.57. The molecule has 1 unspecified atom stereocenters. The van der Waals surface area contributed by atoms with Gasteiger partial charge in [0.1, 0.15) is 6.42 Å². The third-order valence-corrected chi connectivity index (χ3v) is 4.46. The molecule has 2 rings (SSSR count). The molecule has 0 N–H and O–H groups in total. The third kappa shape index (κ3) is 3.81. The summed E-state index contributed by atoms with van der Waals surface area (Å²) in [5.74, 6) is -0.450. The molecule has 7 nitrogen and oxygen atoms in total. The summed E-state index contributed by atoms with van der Waals surface area (Å²) in [6.45, 7) is 8.22. The van der Waals surface area contributed by atoms with Gasteiger partial charge in [0.05, 0.1) is 12.0 Å². The minimum atomic E-state index is -0.289. The first-order chi connectivity index (χ1) is 10.7. The van der Waals surface area contributed by atoms with Crippen LogP contribution in [0.1, 0.15) is 33.6 Å². The van der Waals surface area contributed by atoms with E-state index in [0.717, 1.165) is 0 Å². The maximum atomic E-state index is 12.6. The molecular formula is C16H24N4O3. The second-order valence-electron chi connectivity index (χ2n) is 7.12. The van der Waals surface area contributed by atoms with Crippen molar-refractivity contribution in [3.63, 3.8) is 0 Å². The van der Waals surface area contributed by atoms with Gasteiger partial charge in [-0.25, -0.2) is 0 Å². The van der Waals surface area contributed by atoms with E-state index in [1.807, 2.05) is 26.8 Å². The van der Waals surface area contributed by atoms with Crippen molar-refractivity contribution in [2.24, 2.45) is 5.92 Å². The zero-order chi connectivity index (χ0) is 17.2. The Morgan fingerprint density at radius 1 is 1.17 bits per heavy atom. The molecule has 0 radical (unpaired) electrons. The summed E-state index contributed by atoms with van der Waals surface area (Å²) in [4.78, 5) is 41.5. The van der Waals surface area contributed by atoms with Crippen molar-refractivity contribution in [3.8, 4) is 6.07 Å². The number of carbonyl (C=O) groups is 3. The summed E-state index contributed by atoms with van der Waals surface area (Å²) in [5, 5.41) is 8.57. The van der Waals surface area contributed by atoms with Gasteiger partial charge in [0, 0.05) is 44.7 Å². The molecule has 126 valence electrons. The Morgan fingerprint density at radius 3 is 2.22 bits per heavy atom. The first-order valence-corrected chi connectivity index (χ1v) is 7.98. The summed E-state index contributed by atoms with van der Waals surface area (Å²) in [5.41, 5.74) is -0.269. The molecule has 0 aromatic heterocycles. The number of hydrogen-bond acceptors (Lipinski definition) is 4. The largest absolute Gasteiger partial charge is 0.339 e. The summed E-state index contributed by atoms with van der Waals surface area (Å²) in [6, 6.07) is 1.85. The minimum absolute atomic E-state index is 0.00233. The highest BCUT2D eigenvalue weighted by Gasteiger charge is 2.41. The van der Waals surface area contributed by atoms with E-state index in [1.54, 1.807) is 14.7 Å². The molecular weight excluding hydrogens is 296 g/mol. The van der Waals surface area contributed by atoms with Gasteiger partial charge >= 0.3 is 0 Å². The maximum Gasteiger partial charge on any atom is 0.236 e. The standard InChI is InChI=1S/C16H24N4O3/c1-16(2,3)20-11-12(10-14(20)22)15(23)19-8-6-18(7-9-19)13(21)4-5-17/h12H,4,6-11H2,1-3H3. The van der Waals surface area contributed by atoms with Gasteiger partial charge in [-0.3, -0.25) is 14.4 Å². The molecule has 0 aliphatic carbocycles. The van der Waals surface area contributed by atoms with Crippen LogP contribution in [-0.4, -0.2) is 70.7 Å². The molecule has 0 spiro atoms. The topological polar surface area (TPSA) is 84.7 Å². The number of nitrogens with zero attached hydrogens (tertiary/aromatic N) is 4. The molecule has 7 heteroatoms. The predicted molar refractivity (Wildman–Crippen MR) is 83.0 cm³/mol. The van der Waals surface area contributed by atoms with Crippen molar-refractivity contribution in [2.45, 2.75) is 39.2 Å². The van der Waals surface area contributed by atoms with Crippen molar-refractivity contribution in [2.75, 3.05) is 32.7 Å². The average Bonchev–Trinajstić information content (AvgIpc) is 2.89. The lowest BCUT2D eigenvalue weighted by atomic mass is 10.1. The van der Waals surface area contributed by atoms with Crippen LogP contribution >= 0.6 is 0 Å². The van der Waals surface area contributed by atoms with E-state index < -0.39 is 0 Å². The smallest absolute Gasteiger partial charge is 0.236 e. The highest BCUT2D eigenvalue weighted by molar-refractivity contribution is 5.89. The fourth-order valence-electron chi connectivity index (χ4n) is 3.13. The monoisotopic (exact) mass is 320 g/mol. The Morgan fingerprint density at radius 2 is 1.74 bits per heavy atom. The number of piperazine rings is 1. The Labute approximate surface area is 136 Å². The fourth-order valence-corrected chi connectivity index (χ4v) is 3.13. The molecule has 2 aliphatic heterocycles. The van der Waals surface area contributed by atoms with Crippen molar-refractivity contribution >= 4 is 17.7 Å². The molecule has 3 amide bonds. The Hall–Kier alpha value is -2.10. The van der Waals surface area contributed by atoms with Crippen molar-refractivity contribution in [1.82, 2.24) is 14.7 Å². The number of likely N-dealkylation sites (tertiary alicyclic amines) is 1. The van der Waals surface area contributed by atoms with Crippen LogP contribution in [0.3, 0.4) is 0 Å². The first kappa shape index (κ1) is 17.3. The number of hydrogen-bond donors (Lipinski definition) is 0. The molecule has 0 aromatic rings. The lowest BCUT2D eigenvalue weighted by Gasteiger charge is -2.36. The quantitative estimate of drug-likeness (QED) is 0.728. The van der Waals surface area contributed by atoms with E-state index in [1.165, 1.54) is 0 Å². The predicted octanol–water partition coefficient (Wildman–Crippen LogP) is 0.218. The normalized spacial score (nSPS) is 22.3. The van der Waals surface area contributed by atoms with Crippen LogP contribution in [0.5, 0.6) is 0 Å². The number of rotatable bonds is 2. The molecule has 2 fully saturated rings. The lowest BCUT2D eigenvalue weighted by molar-refractivity contribution is -0.141. The van der Waals surface area contributed by atoms with E-state index in [-0.39, 0.29) is 42.0 Å². The molecule has 2 heterocycles. The zero-order valence-electron chi connectivity index (χ0n) is 14.0. The summed E-state index contributed by atoms with van der Waals surface area (Å²) < 4.78 is 0. The summed E-state index contributed by atoms with van der Waals surface area (Å²) in [7, 11) is 0. The number of carbonyl (C=O) groups excluding carboxylic acids is 3. The highest BCUT2D eigenvalue weighted by atomic mass is 16.2. The van der Waals surface area contributed by atoms with Gasteiger partial charge in [0.25, 0.3) is 0 Å². The van der Waals surface area contributed by atoms with Gasteiger partial charge in [0.2, 0.25) is 17.7 Å². The van der Waals surface area contributed by atoms with E-state index in [9.17, 15) is 14.4 Å². The Bertz CT molecular complexity index is 539. The van der Waals surface area contributed by atoms with E-state index >= 15 is 0 Å². The number of amides is 3. The van der Waals surface area contributed by atoms with Gasteiger partial charge in [-0.2, -0.15) is 5.26 Å². The molecule has 0 bridgehead atoms. The molecule has 2 saturated heterocycles. The SMILES string of the molecule is CC(C)(C)N1CC(C(=O)N2CCN(C(=O)CC#N)CC2)CC1=O. The molecule has 0 saturated carbocycles. The Balaban J connectivity index is 1.90. The van der Waals surface area contributed by atoms with Crippen LogP contribution in [0.2, 0.25) is 0 Å². The summed E-state index contributed by atoms with van der Waals surface area (Å²) in [6.07, 6.45) is 0.148. The number of nitriles is 1. The van der Waals surface area contributed by atoms with Gasteiger partial charge in [0.15, 0.2) is 0 Å². The van der Waals surface area contributed by atoms with Crippen LogP contribution in [0.4, 0.5) is 0 Å². The maximum absolute atomic E-state index is 12.6. The second-order valence-corrected chi connectivity index (χ2v) is 7.12. The molecule has 2 aliphatic rings. The minimum Gasteiger partial charge on any atom is -0.339 e. The Kier molecular flexibility index (Phi) is 4.93. The van der Waals surface area contributed by atoms with Gasteiger partial charge in [-0.05, 0) is 20.8 Å². The summed E-state index contributed by atoms with van der Waals surface area (Å²) >= 11 is 0. The molecule has 23 heavy (non-hydrogen) atoms. The van der Waals surface area contributed by atoms with Crippen molar-refractivity contribution in [1.29, 1.82) is 5.26 Å². The van der Waals surface area contributed by atoms with Gasteiger partial charge in [-0.15, -0.1) is 0 Å². The van der Waals surface area contributed by atoms with Crippen LogP contribution in [-0.2, 0) is 14.4 Å². The molecule has 1 atom stereocenters. The fraction of sp³-hybridized carbons (Fsp3) is 0.750. The van der Waals surface area contributed by atoms with E-state index in [4.69, 9.17) is 5.26 Å². The molecule has 0 aromatic carbocycles. The highest BCUT2D eigenvalue weighted by Crippen LogP contribution is 2.27. The van der Waals surface area contributed by atoms with Gasteiger partial charge in [-0.1, -0.05) is 0 Å². The average molecular weight is 320 g/mol.